The summed E-state index contributed by atoms with van der Waals surface area (Å²) in [5.74, 6) is -0.0843. The third-order valence-corrected chi connectivity index (χ3v) is 9.41. The summed E-state index contributed by atoms with van der Waals surface area (Å²) in [6.45, 7) is 5.86. The predicted octanol–water partition coefficient (Wildman–Crippen LogP) is 7.97. The van der Waals surface area contributed by atoms with Crippen molar-refractivity contribution in [2.75, 3.05) is 24.9 Å². The van der Waals surface area contributed by atoms with Gasteiger partial charge in [-0.2, -0.15) is 0 Å². The number of hydrogen-bond acceptors (Lipinski definition) is 8. The van der Waals surface area contributed by atoms with Crippen LogP contribution in [0.15, 0.2) is 108 Å². The number of hydrogen-bond donors (Lipinski definition) is 3. The van der Waals surface area contributed by atoms with Crippen LogP contribution in [0, 0.1) is 13.8 Å². The number of methoxy groups -OCH3 is 2. The molecule has 0 aliphatic heterocycles. The Kier molecular flexibility index (Phi) is 11.5. The number of anilines is 2. The van der Waals surface area contributed by atoms with E-state index < -0.39 is 17.1 Å². The molecule has 49 heavy (non-hydrogen) atoms. The fourth-order valence-electron chi connectivity index (χ4n) is 4.76. The number of aromatic nitrogens is 1. The third-order valence-electron chi connectivity index (χ3n) is 7.41. The Morgan fingerprint density at radius 3 is 2.24 bits per heavy atom. The first-order valence-corrected chi connectivity index (χ1v) is 17.1. The first-order valence-electron chi connectivity index (χ1n) is 15.4. The van der Waals surface area contributed by atoms with Crippen molar-refractivity contribution < 1.29 is 23.9 Å². The lowest BCUT2D eigenvalue weighted by atomic mass is 10.1. The molecule has 0 fully saturated rings. The highest BCUT2D eigenvalue weighted by Crippen LogP contribution is 2.32. The molecule has 5 aromatic rings. The van der Waals surface area contributed by atoms with Crippen LogP contribution in [0.2, 0.25) is 0 Å². The van der Waals surface area contributed by atoms with Gasteiger partial charge in [-0.3, -0.25) is 14.4 Å². The number of amides is 3. The molecule has 0 saturated carbocycles. The maximum absolute atomic E-state index is 13.6. The molecule has 0 aliphatic carbocycles. The molecule has 3 amide bonds. The van der Waals surface area contributed by atoms with Gasteiger partial charge in [-0.05, 0) is 81.4 Å². The van der Waals surface area contributed by atoms with E-state index in [1.165, 1.54) is 41.8 Å². The lowest BCUT2D eigenvalue weighted by Crippen LogP contribution is -2.30. The Morgan fingerprint density at radius 1 is 0.857 bits per heavy atom. The molecule has 1 heterocycles. The highest BCUT2D eigenvalue weighted by Gasteiger charge is 2.19. The molecule has 11 heteroatoms. The Labute approximate surface area is 293 Å². The zero-order chi connectivity index (χ0) is 34.9. The standard InChI is InChI=1S/C38H36N4O5S2/c1-23-11-13-26(14-12-23)34-24(2)49-38(41-34)42-35(43)25(3)48-31-18-15-29(16-19-31)39-37(45)32(40-36(44)27-9-7-6-8-10-27)22-28-21-30(46-4)17-20-33(28)47-5/h6-22,25H,1-5H3,(H,39,45)(H,40,44)(H,41,42,43)/b32-22-. The van der Waals surface area contributed by atoms with Crippen molar-refractivity contribution >= 4 is 57.7 Å². The molecule has 0 bridgehead atoms. The number of thioether (sulfide) groups is 1. The van der Waals surface area contributed by atoms with Crippen molar-refractivity contribution in [2.45, 2.75) is 30.9 Å². The molecule has 3 N–H and O–H groups in total. The molecule has 4 aromatic carbocycles. The van der Waals surface area contributed by atoms with E-state index in [1.54, 1.807) is 67.8 Å². The number of carbonyl (C=O) groups excluding carboxylic acids is 3. The van der Waals surface area contributed by atoms with Crippen molar-refractivity contribution in [1.82, 2.24) is 10.3 Å². The second kappa shape index (κ2) is 16.1. The summed E-state index contributed by atoms with van der Waals surface area (Å²) in [6, 6.07) is 29.1. The molecule has 0 radical (unpaired) electrons. The van der Waals surface area contributed by atoms with E-state index in [1.807, 2.05) is 57.2 Å². The highest BCUT2D eigenvalue weighted by atomic mass is 32.2. The summed E-state index contributed by atoms with van der Waals surface area (Å²) in [4.78, 5) is 46.2. The van der Waals surface area contributed by atoms with E-state index in [4.69, 9.17) is 9.47 Å². The van der Waals surface area contributed by atoms with Gasteiger partial charge >= 0.3 is 0 Å². The number of ether oxygens (including phenoxy) is 2. The number of benzene rings is 4. The van der Waals surface area contributed by atoms with Crippen molar-refractivity contribution in [3.8, 4) is 22.8 Å². The van der Waals surface area contributed by atoms with Gasteiger partial charge in [-0.1, -0.05) is 48.0 Å². The first-order chi connectivity index (χ1) is 23.6. The molecular formula is C38H36N4O5S2. The zero-order valence-electron chi connectivity index (χ0n) is 27.7. The molecule has 9 nitrogen and oxygen atoms in total. The number of rotatable bonds is 12. The zero-order valence-corrected chi connectivity index (χ0v) is 29.3. The topological polar surface area (TPSA) is 119 Å². The minimum atomic E-state index is -0.536. The van der Waals surface area contributed by atoms with Gasteiger partial charge in [0.15, 0.2) is 5.13 Å². The van der Waals surface area contributed by atoms with Gasteiger partial charge in [0, 0.05) is 32.2 Å². The van der Waals surface area contributed by atoms with Crippen LogP contribution in [0.4, 0.5) is 10.8 Å². The van der Waals surface area contributed by atoms with E-state index in [0.717, 1.165) is 21.0 Å². The average Bonchev–Trinajstić information content (AvgIpc) is 3.48. The number of nitrogens with zero attached hydrogens (tertiary/aromatic N) is 1. The highest BCUT2D eigenvalue weighted by molar-refractivity contribution is 8.00. The molecule has 1 atom stereocenters. The minimum absolute atomic E-state index is 0.00658. The van der Waals surface area contributed by atoms with E-state index in [9.17, 15) is 14.4 Å². The smallest absolute Gasteiger partial charge is 0.272 e. The maximum Gasteiger partial charge on any atom is 0.272 e. The summed E-state index contributed by atoms with van der Waals surface area (Å²) in [5.41, 5.74) is 4.49. The van der Waals surface area contributed by atoms with Gasteiger partial charge in [0.2, 0.25) is 5.91 Å². The third kappa shape index (κ3) is 9.16. The Bertz CT molecular complexity index is 1970. The number of thiazole rings is 1. The number of nitrogens with one attached hydrogen (secondary N) is 3. The van der Waals surface area contributed by atoms with Gasteiger partial charge in [0.25, 0.3) is 11.8 Å². The molecule has 250 valence electrons. The molecule has 0 aliphatic rings. The summed E-state index contributed by atoms with van der Waals surface area (Å²) in [6.07, 6.45) is 1.54. The SMILES string of the molecule is COc1ccc(OC)c(/C=C(\NC(=O)c2ccccc2)C(=O)Nc2ccc(SC(C)C(=O)Nc3nc(-c4ccc(C)cc4)c(C)s3)cc2)c1. The van der Waals surface area contributed by atoms with Crippen LogP contribution in [0.1, 0.15) is 33.3 Å². The molecule has 1 aromatic heterocycles. The van der Waals surface area contributed by atoms with Crippen LogP contribution in [0.5, 0.6) is 11.5 Å². The van der Waals surface area contributed by atoms with Crippen LogP contribution in [-0.2, 0) is 9.59 Å². The van der Waals surface area contributed by atoms with E-state index in [0.29, 0.717) is 33.4 Å². The van der Waals surface area contributed by atoms with Gasteiger partial charge in [-0.15, -0.1) is 23.1 Å². The van der Waals surface area contributed by atoms with E-state index in [2.05, 4.69) is 20.9 Å². The molecule has 0 spiro atoms. The van der Waals surface area contributed by atoms with E-state index >= 15 is 0 Å². The quantitative estimate of drug-likeness (QED) is 0.0897. The van der Waals surface area contributed by atoms with E-state index in [-0.39, 0.29) is 11.6 Å². The molecule has 0 saturated heterocycles. The summed E-state index contributed by atoms with van der Waals surface area (Å²) in [7, 11) is 3.06. The van der Waals surface area contributed by atoms with Gasteiger partial charge < -0.3 is 25.4 Å². The monoisotopic (exact) mass is 692 g/mol. The number of carbonyl (C=O) groups is 3. The fraction of sp³-hybridized carbons (Fsp3) is 0.158. The van der Waals surface area contributed by atoms with Crippen molar-refractivity contribution in [2.24, 2.45) is 0 Å². The minimum Gasteiger partial charge on any atom is -0.497 e. The number of aryl methyl sites for hydroxylation is 2. The Hall–Kier alpha value is -5.39. The summed E-state index contributed by atoms with van der Waals surface area (Å²) >= 11 is 2.83. The first kappa shape index (κ1) is 34.9. The second-order valence-corrected chi connectivity index (χ2v) is 13.6. The van der Waals surface area contributed by atoms with Crippen LogP contribution >= 0.6 is 23.1 Å². The Balaban J connectivity index is 1.26. The largest absolute Gasteiger partial charge is 0.497 e. The predicted molar refractivity (Wildman–Crippen MR) is 197 cm³/mol. The van der Waals surface area contributed by atoms with Crippen LogP contribution in [0.3, 0.4) is 0 Å². The maximum atomic E-state index is 13.6. The van der Waals surface area contributed by atoms with Crippen LogP contribution in [0.25, 0.3) is 17.3 Å². The average molecular weight is 693 g/mol. The van der Waals surface area contributed by atoms with Crippen molar-refractivity contribution in [3.05, 3.63) is 124 Å². The summed E-state index contributed by atoms with van der Waals surface area (Å²) in [5, 5.41) is 8.69. The normalized spacial score (nSPS) is 11.7. The Morgan fingerprint density at radius 2 is 1.57 bits per heavy atom. The summed E-state index contributed by atoms with van der Waals surface area (Å²) < 4.78 is 10.8. The van der Waals surface area contributed by atoms with Crippen molar-refractivity contribution in [1.29, 1.82) is 0 Å². The second-order valence-electron chi connectivity index (χ2n) is 11.0. The van der Waals surface area contributed by atoms with Crippen LogP contribution < -0.4 is 25.4 Å². The van der Waals surface area contributed by atoms with Gasteiger partial charge in [0.1, 0.15) is 17.2 Å². The van der Waals surface area contributed by atoms with Gasteiger partial charge in [-0.25, -0.2) is 4.98 Å². The fourth-order valence-corrected chi connectivity index (χ4v) is 6.47. The molecule has 1 unspecified atom stereocenters. The van der Waals surface area contributed by atoms with Gasteiger partial charge in [0.05, 0.1) is 25.2 Å². The van der Waals surface area contributed by atoms with Crippen molar-refractivity contribution in [3.63, 3.8) is 0 Å². The van der Waals surface area contributed by atoms with Crippen LogP contribution in [-0.4, -0.2) is 42.2 Å². The molecule has 5 rings (SSSR count). The lowest BCUT2D eigenvalue weighted by molar-refractivity contribution is -0.115. The lowest BCUT2D eigenvalue weighted by Gasteiger charge is -2.14. The molecular weight excluding hydrogens is 657 g/mol.